The lowest BCUT2D eigenvalue weighted by molar-refractivity contribution is -0.157. The van der Waals surface area contributed by atoms with Gasteiger partial charge in [0.05, 0.1) is 16.2 Å². The van der Waals surface area contributed by atoms with Gasteiger partial charge in [0.25, 0.3) is 0 Å². The van der Waals surface area contributed by atoms with Crippen molar-refractivity contribution in [3.05, 3.63) is 69.7 Å². The van der Waals surface area contributed by atoms with Crippen LogP contribution in [0, 0.1) is 11.3 Å². The van der Waals surface area contributed by atoms with Gasteiger partial charge in [0.15, 0.2) is 0 Å². The van der Waals surface area contributed by atoms with E-state index in [4.69, 9.17) is 23.2 Å². The molecule has 1 saturated heterocycles. The largest absolute Gasteiger partial charge is 0.331 e. The Bertz CT molecular complexity index is 1320. The summed E-state index contributed by atoms with van der Waals surface area (Å²) in [5, 5.41) is 1.21. The zero-order chi connectivity index (χ0) is 27.3. The number of amides is 1. The van der Waals surface area contributed by atoms with Crippen LogP contribution in [0.25, 0.3) is 0 Å². The number of nitrogens with one attached hydrogen (secondary N) is 1. The molecule has 5 rings (SSSR count). The minimum Gasteiger partial charge on any atom is -0.331 e. The van der Waals surface area contributed by atoms with Gasteiger partial charge in [-0.1, -0.05) is 54.4 Å². The maximum atomic E-state index is 14.5. The Morgan fingerprint density at radius 3 is 2.32 bits per heavy atom. The zero-order valence-corrected chi connectivity index (χ0v) is 24.0. The predicted octanol–water partition coefficient (Wildman–Crippen LogP) is 5.90. The molecule has 1 amide bonds. The number of carbonyl (C=O) groups is 2. The first kappa shape index (κ1) is 27.6. The van der Waals surface area contributed by atoms with Gasteiger partial charge < -0.3 is 9.69 Å². The summed E-state index contributed by atoms with van der Waals surface area (Å²) < 4.78 is 27.8. The molecule has 4 atom stereocenters. The molecule has 1 heterocycles. The average Bonchev–Trinajstić information content (AvgIpc) is 3.80. The van der Waals surface area contributed by atoms with Crippen molar-refractivity contribution in [2.24, 2.45) is 11.3 Å². The average molecular weight is 578 g/mol. The number of carbonyl (C=O) groups excluding carboxylic acids is 2. The number of benzene rings is 2. The van der Waals surface area contributed by atoms with E-state index in [0.717, 1.165) is 30.3 Å². The van der Waals surface area contributed by atoms with Crippen molar-refractivity contribution in [3.8, 4) is 0 Å². The quantitative estimate of drug-likeness (QED) is 0.357. The van der Waals surface area contributed by atoms with Crippen LogP contribution in [0.3, 0.4) is 0 Å². The van der Waals surface area contributed by atoms with Gasteiger partial charge in [0, 0.05) is 28.4 Å². The van der Waals surface area contributed by atoms with Crippen LogP contribution in [-0.2, 0) is 19.6 Å². The second kappa shape index (κ2) is 10.2. The molecule has 1 aliphatic heterocycles. The molecular weight excluding hydrogens is 543 g/mol. The fourth-order valence-electron chi connectivity index (χ4n) is 6.41. The van der Waals surface area contributed by atoms with Crippen LogP contribution in [-0.4, -0.2) is 43.3 Å². The lowest BCUT2D eigenvalue weighted by Crippen LogP contribution is -2.57. The second-order valence-corrected chi connectivity index (χ2v) is 14.7. The third kappa shape index (κ3) is 5.03. The van der Waals surface area contributed by atoms with E-state index in [9.17, 15) is 18.0 Å². The zero-order valence-electron chi connectivity index (χ0n) is 21.7. The molecule has 2 saturated carbocycles. The summed E-state index contributed by atoms with van der Waals surface area (Å²) >= 11 is 12.7. The van der Waals surface area contributed by atoms with E-state index < -0.39 is 20.2 Å². The smallest absolute Gasteiger partial charge is 0.229 e. The Kier molecular flexibility index (Phi) is 7.44. The number of halogens is 2. The SMILES string of the molecule is CNS(=O)(=O)C1(C[C@@H](C2CC2)N2C(=O)[C@@](C)(CC=O)C[C@H](c3cccc(Cl)c3)[C@H]2c2ccc(Cl)cc2)CC1. The molecule has 204 valence electrons. The fraction of sp³-hybridized carbons (Fsp3) is 0.517. The molecule has 2 aliphatic carbocycles. The van der Waals surface area contributed by atoms with Crippen LogP contribution >= 0.6 is 23.2 Å². The maximum absolute atomic E-state index is 14.5. The van der Waals surface area contributed by atoms with Gasteiger partial charge in [0.1, 0.15) is 6.29 Å². The van der Waals surface area contributed by atoms with E-state index in [-0.39, 0.29) is 36.2 Å². The van der Waals surface area contributed by atoms with Crippen molar-refractivity contribution >= 4 is 45.4 Å². The van der Waals surface area contributed by atoms with Gasteiger partial charge in [-0.2, -0.15) is 0 Å². The topological polar surface area (TPSA) is 83.6 Å². The van der Waals surface area contributed by atoms with Crippen molar-refractivity contribution in [2.75, 3.05) is 7.05 Å². The highest BCUT2D eigenvalue weighted by Crippen LogP contribution is 2.57. The lowest BCUT2D eigenvalue weighted by Gasteiger charge is -2.52. The molecule has 1 N–H and O–H groups in total. The van der Waals surface area contributed by atoms with Crippen molar-refractivity contribution in [3.63, 3.8) is 0 Å². The third-order valence-corrected chi connectivity index (χ3v) is 11.6. The van der Waals surface area contributed by atoms with Crippen LogP contribution < -0.4 is 4.72 Å². The highest BCUT2D eigenvalue weighted by atomic mass is 35.5. The highest BCUT2D eigenvalue weighted by molar-refractivity contribution is 7.91. The van der Waals surface area contributed by atoms with Gasteiger partial charge >= 0.3 is 0 Å². The molecule has 9 heteroatoms. The minimum atomic E-state index is -3.52. The van der Waals surface area contributed by atoms with Crippen LogP contribution in [0.2, 0.25) is 10.0 Å². The summed E-state index contributed by atoms with van der Waals surface area (Å²) in [4.78, 5) is 28.3. The van der Waals surface area contributed by atoms with Crippen LogP contribution in [0.15, 0.2) is 48.5 Å². The van der Waals surface area contributed by atoms with Crippen molar-refractivity contribution in [1.29, 1.82) is 0 Å². The molecule has 0 bridgehead atoms. The summed E-state index contributed by atoms with van der Waals surface area (Å²) in [5.41, 5.74) is 1.02. The molecule has 38 heavy (non-hydrogen) atoms. The number of nitrogens with zero attached hydrogens (tertiary/aromatic N) is 1. The molecule has 0 aromatic heterocycles. The fourth-order valence-corrected chi connectivity index (χ4v) is 8.20. The monoisotopic (exact) mass is 576 g/mol. The van der Waals surface area contributed by atoms with Crippen molar-refractivity contribution in [1.82, 2.24) is 9.62 Å². The van der Waals surface area contributed by atoms with E-state index in [1.807, 2.05) is 60.4 Å². The molecule has 0 unspecified atom stereocenters. The number of hydrogen-bond donors (Lipinski definition) is 1. The highest BCUT2D eigenvalue weighted by Gasteiger charge is 2.60. The molecule has 3 aliphatic rings. The van der Waals surface area contributed by atoms with Crippen molar-refractivity contribution in [2.45, 2.75) is 74.6 Å². The van der Waals surface area contributed by atoms with Crippen LogP contribution in [0.1, 0.15) is 75.0 Å². The molecule has 2 aromatic carbocycles. The number of rotatable bonds is 10. The first-order valence-corrected chi connectivity index (χ1v) is 15.5. The molecule has 3 fully saturated rings. The molecule has 0 radical (unpaired) electrons. The van der Waals surface area contributed by atoms with Gasteiger partial charge in [0.2, 0.25) is 15.9 Å². The van der Waals surface area contributed by atoms with Gasteiger partial charge in [-0.25, -0.2) is 13.1 Å². The number of aldehydes is 1. The van der Waals surface area contributed by atoms with E-state index in [1.54, 1.807) is 0 Å². The van der Waals surface area contributed by atoms with Gasteiger partial charge in [-0.3, -0.25) is 4.79 Å². The Morgan fingerprint density at radius 2 is 1.76 bits per heavy atom. The summed E-state index contributed by atoms with van der Waals surface area (Å²) in [5.74, 6) is -0.0101. The normalized spacial score (nSPS) is 27.7. The molecule has 2 aromatic rings. The van der Waals surface area contributed by atoms with Crippen molar-refractivity contribution < 1.29 is 18.0 Å². The lowest BCUT2D eigenvalue weighted by atomic mass is 9.67. The summed E-state index contributed by atoms with van der Waals surface area (Å²) in [6.07, 6.45) is 4.85. The third-order valence-electron chi connectivity index (χ3n) is 8.88. The summed E-state index contributed by atoms with van der Waals surface area (Å²) in [7, 11) is -2.06. The number of sulfonamides is 1. The van der Waals surface area contributed by atoms with Gasteiger partial charge in [-0.05, 0) is 86.9 Å². The van der Waals surface area contributed by atoms with E-state index in [0.29, 0.717) is 35.7 Å². The Balaban J connectivity index is 1.67. The van der Waals surface area contributed by atoms with E-state index in [2.05, 4.69) is 4.72 Å². The predicted molar refractivity (Wildman–Crippen MR) is 150 cm³/mol. The standard InChI is InChI=1S/C29H34Cl2N2O4S/c1-28(14-15-34)17-24(21-4-3-5-23(31)16-21)26(20-8-10-22(30)11-9-20)33(27(28)35)25(19-6-7-19)18-29(12-13-29)38(36,37)32-2/h3-5,8-11,15-16,19,24-26,32H,6-7,12-14,17-18H2,1-2H3/t24-,25+,26-,28+/m1/s1. The number of likely N-dealkylation sites (tertiary alicyclic amines) is 1. The minimum absolute atomic E-state index is 0.0858. The van der Waals surface area contributed by atoms with Crippen LogP contribution in [0.5, 0.6) is 0 Å². The second-order valence-electron chi connectivity index (χ2n) is 11.5. The Labute approximate surface area is 235 Å². The van der Waals surface area contributed by atoms with Crippen LogP contribution in [0.4, 0.5) is 0 Å². The Morgan fingerprint density at radius 1 is 1.08 bits per heavy atom. The Hall–Kier alpha value is -1.93. The summed E-state index contributed by atoms with van der Waals surface area (Å²) in [6, 6.07) is 14.6. The first-order chi connectivity index (χ1) is 18.0. The van der Waals surface area contributed by atoms with E-state index >= 15 is 0 Å². The first-order valence-electron chi connectivity index (χ1n) is 13.2. The molecular formula is C29H34Cl2N2O4S. The number of hydrogen-bond acceptors (Lipinski definition) is 4. The molecule has 6 nitrogen and oxygen atoms in total. The number of piperidine rings is 1. The van der Waals surface area contributed by atoms with E-state index in [1.165, 1.54) is 7.05 Å². The maximum Gasteiger partial charge on any atom is 0.229 e. The van der Waals surface area contributed by atoms with Gasteiger partial charge in [-0.15, -0.1) is 0 Å². The molecule has 0 spiro atoms. The summed E-state index contributed by atoms with van der Waals surface area (Å²) in [6.45, 7) is 1.87.